The van der Waals surface area contributed by atoms with Gasteiger partial charge in [-0.25, -0.2) is 0 Å². The van der Waals surface area contributed by atoms with Crippen molar-refractivity contribution in [2.45, 2.75) is 20.0 Å². The normalized spacial score (nSPS) is 11.5. The molecule has 24 heavy (non-hydrogen) atoms. The molecule has 1 amide bonds. The molecule has 0 unspecified atom stereocenters. The molecule has 0 saturated heterocycles. The number of carbonyl (C=O) groups is 1. The Morgan fingerprint density at radius 2 is 1.79 bits per heavy atom. The number of nitrogens with one attached hydrogen (secondary N) is 1. The molecule has 2 rings (SSSR count). The molecule has 0 saturated carbocycles. The predicted molar refractivity (Wildman–Crippen MR) is 92.8 cm³/mol. The highest BCUT2D eigenvalue weighted by atomic mass is 16.5. The molecule has 0 aliphatic heterocycles. The molecule has 0 aromatic heterocycles. The zero-order chi connectivity index (χ0) is 17.4. The second kappa shape index (κ2) is 8.82. The van der Waals surface area contributed by atoms with E-state index in [0.717, 1.165) is 11.3 Å². The van der Waals surface area contributed by atoms with E-state index in [0.29, 0.717) is 24.7 Å². The maximum atomic E-state index is 12.0. The summed E-state index contributed by atoms with van der Waals surface area (Å²) in [5.74, 6) is 1.94. The molecule has 2 aromatic rings. The molecule has 2 aromatic carbocycles. The van der Waals surface area contributed by atoms with Crippen LogP contribution in [0.15, 0.2) is 48.5 Å². The Balaban J connectivity index is 1.72. The number of aryl methyl sites for hydroxylation is 1. The Morgan fingerprint density at radius 3 is 2.54 bits per heavy atom. The van der Waals surface area contributed by atoms with Gasteiger partial charge in [0.15, 0.2) is 6.10 Å². The molecular formula is C19H23NO4. The van der Waals surface area contributed by atoms with Crippen molar-refractivity contribution in [2.24, 2.45) is 0 Å². The molecule has 0 spiro atoms. The van der Waals surface area contributed by atoms with Gasteiger partial charge in [-0.05, 0) is 43.7 Å². The van der Waals surface area contributed by atoms with Crippen LogP contribution in [0, 0.1) is 6.92 Å². The molecule has 0 aliphatic rings. The number of amides is 1. The van der Waals surface area contributed by atoms with Crippen LogP contribution in [-0.2, 0) is 4.79 Å². The first-order valence-corrected chi connectivity index (χ1v) is 7.86. The lowest BCUT2D eigenvalue weighted by Gasteiger charge is -2.15. The van der Waals surface area contributed by atoms with Gasteiger partial charge in [0.25, 0.3) is 5.91 Å². The predicted octanol–water partition coefficient (Wildman–Crippen LogP) is 2.97. The van der Waals surface area contributed by atoms with E-state index in [1.807, 2.05) is 49.4 Å². The number of hydrogen-bond acceptors (Lipinski definition) is 4. The molecule has 5 nitrogen and oxygen atoms in total. The Kier molecular flexibility index (Phi) is 6.49. The first-order chi connectivity index (χ1) is 11.6. The lowest BCUT2D eigenvalue weighted by molar-refractivity contribution is -0.127. The van der Waals surface area contributed by atoms with E-state index in [-0.39, 0.29) is 5.91 Å². The van der Waals surface area contributed by atoms with Crippen molar-refractivity contribution in [2.75, 3.05) is 20.3 Å². The Hall–Kier alpha value is -2.69. The summed E-state index contributed by atoms with van der Waals surface area (Å²) in [4.78, 5) is 12.0. The molecule has 128 valence electrons. The van der Waals surface area contributed by atoms with Gasteiger partial charge in [0.2, 0.25) is 0 Å². The van der Waals surface area contributed by atoms with Gasteiger partial charge >= 0.3 is 0 Å². The summed E-state index contributed by atoms with van der Waals surface area (Å²) in [5, 5.41) is 2.80. The largest absolute Gasteiger partial charge is 0.497 e. The van der Waals surface area contributed by atoms with Crippen molar-refractivity contribution in [3.8, 4) is 17.2 Å². The van der Waals surface area contributed by atoms with Crippen LogP contribution >= 0.6 is 0 Å². The average molecular weight is 329 g/mol. The van der Waals surface area contributed by atoms with Gasteiger partial charge in [-0.3, -0.25) is 4.79 Å². The second-order valence-electron chi connectivity index (χ2n) is 5.40. The number of carbonyl (C=O) groups excluding carboxylic acids is 1. The van der Waals surface area contributed by atoms with Crippen LogP contribution in [0.4, 0.5) is 0 Å². The Bertz CT molecular complexity index is 672. The lowest BCUT2D eigenvalue weighted by Crippen LogP contribution is -2.38. The van der Waals surface area contributed by atoms with Crippen LogP contribution < -0.4 is 19.5 Å². The fraction of sp³-hybridized carbons (Fsp3) is 0.316. The minimum Gasteiger partial charge on any atom is -0.497 e. The summed E-state index contributed by atoms with van der Waals surface area (Å²) < 4.78 is 16.3. The molecule has 0 radical (unpaired) electrons. The third-order valence-corrected chi connectivity index (χ3v) is 3.38. The summed E-state index contributed by atoms with van der Waals surface area (Å²) >= 11 is 0. The van der Waals surface area contributed by atoms with Gasteiger partial charge in [0.1, 0.15) is 23.9 Å². The molecule has 1 N–H and O–H groups in total. The minimum atomic E-state index is -0.566. The standard InChI is InChI=1S/C19H23NO4/c1-14-6-4-9-18(12-14)24-15(2)19(21)20-10-11-23-17-8-5-7-16(13-17)22-3/h4-9,12-13,15H,10-11H2,1-3H3,(H,20,21)/t15-/m1/s1. The number of ether oxygens (including phenoxy) is 3. The fourth-order valence-electron chi connectivity index (χ4n) is 2.12. The first-order valence-electron chi connectivity index (χ1n) is 7.86. The third kappa shape index (κ3) is 5.50. The minimum absolute atomic E-state index is 0.175. The van der Waals surface area contributed by atoms with E-state index < -0.39 is 6.10 Å². The summed E-state index contributed by atoms with van der Waals surface area (Å²) in [6, 6.07) is 15.0. The van der Waals surface area contributed by atoms with Gasteiger partial charge in [-0.2, -0.15) is 0 Å². The van der Waals surface area contributed by atoms with Gasteiger partial charge in [0, 0.05) is 6.07 Å². The number of rotatable bonds is 8. The van der Waals surface area contributed by atoms with Crippen molar-refractivity contribution in [1.82, 2.24) is 5.32 Å². The number of hydrogen-bond donors (Lipinski definition) is 1. The Labute approximate surface area is 142 Å². The van der Waals surface area contributed by atoms with Crippen molar-refractivity contribution < 1.29 is 19.0 Å². The maximum absolute atomic E-state index is 12.0. The van der Waals surface area contributed by atoms with Crippen LogP contribution in [-0.4, -0.2) is 32.3 Å². The molecule has 0 fully saturated rings. The van der Waals surface area contributed by atoms with E-state index in [2.05, 4.69) is 5.32 Å². The van der Waals surface area contributed by atoms with Gasteiger partial charge in [-0.15, -0.1) is 0 Å². The van der Waals surface area contributed by atoms with Crippen molar-refractivity contribution >= 4 is 5.91 Å². The van der Waals surface area contributed by atoms with Crippen LogP contribution in [0.1, 0.15) is 12.5 Å². The summed E-state index contributed by atoms with van der Waals surface area (Å²) in [7, 11) is 1.61. The SMILES string of the molecule is COc1cccc(OCCNC(=O)[C@@H](C)Oc2cccc(C)c2)c1. The van der Waals surface area contributed by atoms with E-state index in [1.54, 1.807) is 20.1 Å². The van der Waals surface area contributed by atoms with Crippen LogP contribution in [0.25, 0.3) is 0 Å². The highest BCUT2D eigenvalue weighted by molar-refractivity contribution is 5.80. The molecule has 0 aliphatic carbocycles. The molecule has 5 heteroatoms. The van der Waals surface area contributed by atoms with E-state index in [1.165, 1.54) is 0 Å². The zero-order valence-corrected chi connectivity index (χ0v) is 14.2. The van der Waals surface area contributed by atoms with Crippen molar-refractivity contribution in [3.05, 3.63) is 54.1 Å². The smallest absolute Gasteiger partial charge is 0.260 e. The highest BCUT2D eigenvalue weighted by Gasteiger charge is 2.14. The molecular weight excluding hydrogens is 306 g/mol. The monoisotopic (exact) mass is 329 g/mol. The van der Waals surface area contributed by atoms with E-state index in [9.17, 15) is 4.79 Å². The van der Waals surface area contributed by atoms with Gasteiger partial charge in [0.05, 0.1) is 13.7 Å². The van der Waals surface area contributed by atoms with E-state index >= 15 is 0 Å². The summed E-state index contributed by atoms with van der Waals surface area (Å²) in [6.45, 7) is 4.47. The quantitative estimate of drug-likeness (QED) is 0.757. The third-order valence-electron chi connectivity index (χ3n) is 3.38. The topological polar surface area (TPSA) is 56.8 Å². The van der Waals surface area contributed by atoms with Crippen LogP contribution in [0.3, 0.4) is 0 Å². The zero-order valence-electron chi connectivity index (χ0n) is 14.2. The van der Waals surface area contributed by atoms with Crippen molar-refractivity contribution in [1.29, 1.82) is 0 Å². The first kappa shape index (κ1) is 17.7. The maximum Gasteiger partial charge on any atom is 0.260 e. The lowest BCUT2D eigenvalue weighted by atomic mass is 10.2. The van der Waals surface area contributed by atoms with Crippen LogP contribution in [0.2, 0.25) is 0 Å². The fourth-order valence-corrected chi connectivity index (χ4v) is 2.12. The van der Waals surface area contributed by atoms with Gasteiger partial charge < -0.3 is 19.5 Å². The average Bonchev–Trinajstić information content (AvgIpc) is 2.58. The van der Waals surface area contributed by atoms with Gasteiger partial charge in [-0.1, -0.05) is 18.2 Å². The second-order valence-corrected chi connectivity index (χ2v) is 5.40. The molecule has 0 heterocycles. The number of benzene rings is 2. The summed E-state index contributed by atoms with van der Waals surface area (Å²) in [5.41, 5.74) is 1.09. The van der Waals surface area contributed by atoms with Crippen LogP contribution in [0.5, 0.6) is 17.2 Å². The van der Waals surface area contributed by atoms with Crippen molar-refractivity contribution in [3.63, 3.8) is 0 Å². The Morgan fingerprint density at radius 1 is 1.08 bits per heavy atom. The molecule has 1 atom stereocenters. The van der Waals surface area contributed by atoms with E-state index in [4.69, 9.17) is 14.2 Å². The summed E-state index contributed by atoms with van der Waals surface area (Å²) in [6.07, 6.45) is -0.566. The highest BCUT2D eigenvalue weighted by Crippen LogP contribution is 2.18. The molecule has 0 bridgehead atoms. The number of methoxy groups -OCH3 is 1.